The van der Waals surface area contributed by atoms with Gasteiger partial charge in [-0.15, -0.1) is 0 Å². The van der Waals surface area contributed by atoms with E-state index in [0.29, 0.717) is 5.92 Å². The Morgan fingerprint density at radius 2 is 1.95 bits per heavy atom. The molecular formula is C16H28O3. The Morgan fingerprint density at radius 3 is 2.74 bits per heavy atom. The van der Waals surface area contributed by atoms with E-state index in [4.69, 9.17) is 9.47 Å². The summed E-state index contributed by atoms with van der Waals surface area (Å²) in [4.78, 5) is 11.1. The van der Waals surface area contributed by atoms with Gasteiger partial charge in [0.25, 0.3) is 0 Å². The van der Waals surface area contributed by atoms with Crippen LogP contribution in [0.1, 0.15) is 58.8 Å². The minimum absolute atomic E-state index is 0.0381. The van der Waals surface area contributed by atoms with Gasteiger partial charge in [-0.05, 0) is 44.1 Å². The third kappa shape index (κ3) is 8.82. The van der Waals surface area contributed by atoms with Crippen LogP contribution >= 0.6 is 0 Å². The molecule has 0 aromatic heterocycles. The number of esters is 1. The molecule has 0 spiro atoms. The van der Waals surface area contributed by atoms with Crippen LogP contribution in [0.3, 0.4) is 0 Å². The van der Waals surface area contributed by atoms with Crippen molar-refractivity contribution in [2.75, 3.05) is 13.2 Å². The van der Waals surface area contributed by atoms with Crippen molar-refractivity contribution >= 4 is 5.97 Å². The quantitative estimate of drug-likeness (QED) is 0.535. The molecule has 1 aliphatic rings. The average molecular weight is 268 g/mol. The molecule has 3 nitrogen and oxygen atoms in total. The monoisotopic (exact) mass is 268 g/mol. The van der Waals surface area contributed by atoms with Crippen molar-refractivity contribution in [3.63, 3.8) is 0 Å². The first-order chi connectivity index (χ1) is 9.18. The second-order valence-electron chi connectivity index (χ2n) is 5.52. The fraction of sp³-hybridized carbons (Fsp3) is 0.812. The molecule has 0 aliphatic carbocycles. The topological polar surface area (TPSA) is 35.5 Å². The third-order valence-electron chi connectivity index (χ3n) is 3.49. The number of hydrogen-bond acceptors (Lipinski definition) is 3. The normalized spacial score (nSPS) is 27.5. The highest BCUT2D eigenvalue weighted by Gasteiger charge is 2.09. The Balaban J connectivity index is 2.46. The molecule has 0 fully saturated rings. The molecule has 0 aromatic carbocycles. The second-order valence-corrected chi connectivity index (χ2v) is 5.52. The molecule has 0 amide bonds. The molecule has 19 heavy (non-hydrogen) atoms. The van der Waals surface area contributed by atoms with E-state index in [1.54, 1.807) is 0 Å². The molecule has 0 bridgehead atoms. The molecule has 0 radical (unpaired) electrons. The second kappa shape index (κ2) is 10.0. The van der Waals surface area contributed by atoms with Crippen LogP contribution in [0.5, 0.6) is 0 Å². The van der Waals surface area contributed by atoms with Gasteiger partial charge in [-0.3, -0.25) is 4.79 Å². The number of ether oxygens (including phenoxy) is 2. The lowest BCUT2D eigenvalue weighted by Crippen LogP contribution is -2.14. The van der Waals surface area contributed by atoms with Crippen LogP contribution in [-0.2, 0) is 14.3 Å². The van der Waals surface area contributed by atoms with E-state index in [9.17, 15) is 4.79 Å². The number of allylic oxidation sites excluding steroid dienone is 1. The Labute approximate surface area is 117 Å². The summed E-state index contributed by atoms with van der Waals surface area (Å²) in [6, 6.07) is 0. The molecule has 1 rings (SSSR count). The maximum absolute atomic E-state index is 11.1. The van der Waals surface area contributed by atoms with Crippen molar-refractivity contribution in [3.05, 3.63) is 12.2 Å². The van der Waals surface area contributed by atoms with Crippen molar-refractivity contribution in [1.82, 2.24) is 0 Å². The average Bonchev–Trinajstić information content (AvgIpc) is 2.35. The number of rotatable bonds is 1. The van der Waals surface area contributed by atoms with Crippen molar-refractivity contribution < 1.29 is 14.3 Å². The van der Waals surface area contributed by atoms with Crippen LogP contribution in [0.2, 0.25) is 0 Å². The molecule has 0 saturated carbocycles. The van der Waals surface area contributed by atoms with E-state index in [2.05, 4.69) is 19.1 Å². The van der Waals surface area contributed by atoms with Gasteiger partial charge in [-0.25, -0.2) is 0 Å². The van der Waals surface area contributed by atoms with Gasteiger partial charge < -0.3 is 9.47 Å². The largest absolute Gasteiger partial charge is 0.458 e. The lowest BCUT2D eigenvalue weighted by atomic mass is 10.0. The summed E-state index contributed by atoms with van der Waals surface area (Å²) < 4.78 is 11.0. The van der Waals surface area contributed by atoms with Gasteiger partial charge in [0, 0.05) is 20.1 Å². The number of hydrogen-bond donors (Lipinski definition) is 0. The number of carbonyl (C=O) groups excluding carboxylic acids is 1. The summed E-state index contributed by atoms with van der Waals surface area (Å²) in [5, 5.41) is 0. The van der Waals surface area contributed by atoms with E-state index in [0.717, 1.165) is 45.3 Å². The van der Waals surface area contributed by atoms with Crippen LogP contribution in [0, 0.1) is 5.92 Å². The van der Waals surface area contributed by atoms with Crippen LogP contribution < -0.4 is 0 Å². The standard InChI is InChI=1S/C16H28O3/c1-14-8-7-10-16(19-15(2)17)9-5-3-4-6-12-18-13-11-14/h7,10,14,16H,3-6,8-9,11-13H2,1-2H3. The highest BCUT2D eigenvalue weighted by atomic mass is 16.5. The lowest BCUT2D eigenvalue weighted by molar-refractivity contribution is -0.144. The molecule has 1 aliphatic heterocycles. The molecular weight excluding hydrogens is 240 g/mol. The van der Waals surface area contributed by atoms with E-state index < -0.39 is 0 Å². The summed E-state index contributed by atoms with van der Waals surface area (Å²) in [6.45, 7) is 5.47. The van der Waals surface area contributed by atoms with E-state index in [1.165, 1.54) is 19.8 Å². The molecule has 0 aromatic rings. The Kier molecular flexibility index (Phi) is 8.55. The summed E-state index contributed by atoms with van der Waals surface area (Å²) >= 11 is 0. The van der Waals surface area contributed by atoms with Crippen molar-refractivity contribution in [3.8, 4) is 0 Å². The zero-order valence-corrected chi connectivity index (χ0v) is 12.4. The summed E-state index contributed by atoms with van der Waals surface area (Å²) in [6.07, 6.45) is 11.9. The first-order valence-electron chi connectivity index (χ1n) is 7.60. The highest BCUT2D eigenvalue weighted by Crippen LogP contribution is 2.14. The molecule has 2 atom stereocenters. The smallest absolute Gasteiger partial charge is 0.303 e. The van der Waals surface area contributed by atoms with Crippen molar-refractivity contribution in [1.29, 1.82) is 0 Å². The van der Waals surface area contributed by atoms with Gasteiger partial charge >= 0.3 is 5.97 Å². The fourth-order valence-electron chi connectivity index (χ4n) is 2.28. The van der Waals surface area contributed by atoms with Crippen LogP contribution in [0.25, 0.3) is 0 Å². The minimum Gasteiger partial charge on any atom is -0.458 e. The molecule has 1 heterocycles. The fourth-order valence-corrected chi connectivity index (χ4v) is 2.28. The molecule has 110 valence electrons. The first kappa shape index (κ1) is 16.2. The van der Waals surface area contributed by atoms with E-state index in [1.807, 2.05) is 0 Å². The van der Waals surface area contributed by atoms with Gasteiger partial charge in [0.2, 0.25) is 0 Å². The zero-order valence-electron chi connectivity index (χ0n) is 12.4. The summed E-state index contributed by atoms with van der Waals surface area (Å²) in [5.41, 5.74) is 0. The van der Waals surface area contributed by atoms with Gasteiger partial charge in [0.1, 0.15) is 6.10 Å². The predicted octanol–water partition coefficient (Wildman–Crippen LogP) is 3.87. The van der Waals surface area contributed by atoms with Gasteiger partial charge in [0.05, 0.1) is 0 Å². The molecule has 0 saturated heterocycles. The lowest BCUT2D eigenvalue weighted by Gasteiger charge is -2.15. The highest BCUT2D eigenvalue weighted by molar-refractivity contribution is 5.66. The van der Waals surface area contributed by atoms with Gasteiger partial charge in [-0.1, -0.05) is 25.8 Å². The SMILES string of the molecule is CC(=O)OC1C=CCC(C)CCOCCCCCC1. The van der Waals surface area contributed by atoms with Gasteiger partial charge in [0.15, 0.2) is 0 Å². The van der Waals surface area contributed by atoms with E-state index >= 15 is 0 Å². The Morgan fingerprint density at radius 1 is 1.16 bits per heavy atom. The van der Waals surface area contributed by atoms with Crippen molar-refractivity contribution in [2.24, 2.45) is 5.92 Å². The first-order valence-corrected chi connectivity index (χ1v) is 7.60. The minimum atomic E-state index is -0.183. The maximum atomic E-state index is 11.1. The van der Waals surface area contributed by atoms with Crippen LogP contribution in [0.4, 0.5) is 0 Å². The summed E-state index contributed by atoms with van der Waals surface area (Å²) in [7, 11) is 0. The van der Waals surface area contributed by atoms with Gasteiger partial charge in [-0.2, -0.15) is 0 Å². The number of carbonyl (C=O) groups is 1. The Bertz CT molecular complexity index is 273. The summed E-state index contributed by atoms with van der Waals surface area (Å²) in [5.74, 6) is 0.439. The Hall–Kier alpha value is -0.830. The van der Waals surface area contributed by atoms with Crippen LogP contribution in [-0.4, -0.2) is 25.3 Å². The van der Waals surface area contributed by atoms with Crippen LogP contribution in [0.15, 0.2) is 12.2 Å². The van der Waals surface area contributed by atoms with E-state index in [-0.39, 0.29) is 12.1 Å². The molecule has 0 N–H and O–H groups in total. The third-order valence-corrected chi connectivity index (χ3v) is 3.49. The van der Waals surface area contributed by atoms with Crippen molar-refractivity contribution in [2.45, 2.75) is 64.9 Å². The molecule has 2 unspecified atom stereocenters. The predicted molar refractivity (Wildman–Crippen MR) is 77.0 cm³/mol. The molecule has 3 heteroatoms. The zero-order chi connectivity index (χ0) is 13.9. The maximum Gasteiger partial charge on any atom is 0.303 e.